The fourth-order valence-corrected chi connectivity index (χ4v) is 2.65. The predicted octanol–water partition coefficient (Wildman–Crippen LogP) is 2.26. The van der Waals surface area contributed by atoms with E-state index in [9.17, 15) is 0 Å². The van der Waals surface area contributed by atoms with Crippen molar-refractivity contribution in [2.45, 2.75) is 13.8 Å². The highest BCUT2D eigenvalue weighted by atomic mass is 16.5. The first-order chi connectivity index (χ1) is 11.1. The van der Waals surface area contributed by atoms with E-state index in [0.717, 1.165) is 41.0 Å². The van der Waals surface area contributed by atoms with E-state index in [-0.39, 0.29) is 0 Å². The molecule has 1 aliphatic heterocycles. The van der Waals surface area contributed by atoms with Crippen LogP contribution in [0.5, 0.6) is 0 Å². The first kappa shape index (κ1) is 15.5. The second kappa shape index (κ2) is 6.38. The molecule has 0 unspecified atom stereocenters. The molecule has 0 radical (unpaired) electrons. The van der Waals surface area contributed by atoms with E-state index in [4.69, 9.17) is 14.9 Å². The van der Waals surface area contributed by atoms with E-state index >= 15 is 0 Å². The van der Waals surface area contributed by atoms with E-state index < -0.39 is 0 Å². The van der Waals surface area contributed by atoms with Crippen molar-refractivity contribution in [3.63, 3.8) is 0 Å². The van der Waals surface area contributed by atoms with Crippen LogP contribution < -0.4 is 15.7 Å². The summed E-state index contributed by atoms with van der Waals surface area (Å²) in [6, 6.07) is 9.89. The minimum Gasteiger partial charge on any atom is -0.452 e. The average Bonchev–Trinajstić information content (AvgIpc) is 2.55. The molecule has 3 rings (SSSR count). The van der Waals surface area contributed by atoms with Gasteiger partial charge in [0.2, 0.25) is 5.36 Å². The second-order valence-corrected chi connectivity index (χ2v) is 5.61. The third-order valence-electron chi connectivity index (χ3n) is 4.06. The Balaban J connectivity index is 2.19. The van der Waals surface area contributed by atoms with Gasteiger partial charge in [0.25, 0.3) is 0 Å². The molecule has 0 bridgehead atoms. The van der Waals surface area contributed by atoms with Gasteiger partial charge >= 0.3 is 0 Å². The van der Waals surface area contributed by atoms with Crippen LogP contribution in [0, 0.1) is 6.92 Å². The van der Waals surface area contributed by atoms with Gasteiger partial charge in [0.05, 0.1) is 6.07 Å². The molecular weight excluding hydrogens is 290 g/mol. The second-order valence-electron chi connectivity index (χ2n) is 5.61. The minimum atomic E-state index is 0.689. The highest BCUT2D eigenvalue weighted by molar-refractivity contribution is 5.80. The summed E-state index contributed by atoms with van der Waals surface area (Å²) in [7, 11) is 1.71. The maximum atomic E-state index is 6.02. The van der Waals surface area contributed by atoms with Crippen LogP contribution in [-0.4, -0.2) is 31.8 Å². The predicted molar refractivity (Wildman–Crippen MR) is 92.3 cm³/mol. The summed E-state index contributed by atoms with van der Waals surface area (Å²) in [5.74, 6) is 0.758. The van der Waals surface area contributed by atoms with Gasteiger partial charge in [-0.2, -0.15) is 0 Å². The van der Waals surface area contributed by atoms with Gasteiger partial charge in [0.1, 0.15) is 24.4 Å². The zero-order valence-corrected chi connectivity index (χ0v) is 13.8. The van der Waals surface area contributed by atoms with E-state index in [2.05, 4.69) is 22.5 Å². The summed E-state index contributed by atoms with van der Waals surface area (Å²) >= 11 is 0. The van der Waals surface area contributed by atoms with Crippen molar-refractivity contribution in [1.29, 1.82) is 0 Å². The Morgan fingerprint density at radius 2 is 2.09 bits per heavy atom. The standard InChI is InChI=1S/C18H21N3O2/c1-4-21(7-8-22-3)13-5-6-15-17(10-13)23-18-11-14(19)12(2)9-16(18)20-15/h5-6,9-11,19H,4,7-8H2,1-3H3/p+1. The number of aryl methyl sites for hydroxylation is 1. The fourth-order valence-electron chi connectivity index (χ4n) is 2.65. The van der Waals surface area contributed by atoms with Crippen LogP contribution in [-0.2, 0) is 4.74 Å². The van der Waals surface area contributed by atoms with Crippen molar-refractivity contribution in [3.05, 3.63) is 41.3 Å². The summed E-state index contributed by atoms with van der Waals surface area (Å²) in [6.07, 6.45) is 0. The van der Waals surface area contributed by atoms with Crippen LogP contribution in [0.25, 0.3) is 22.6 Å². The van der Waals surface area contributed by atoms with Crippen LogP contribution in [0.4, 0.5) is 5.69 Å². The number of hydrogen-bond acceptors (Lipinski definition) is 4. The number of likely N-dealkylation sites (N-methyl/N-ethyl adjacent to an activating group) is 1. The maximum absolute atomic E-state index is 6.02. The van der Waals surface area contributed by atoms with Gasteiger partial charge in [-0.3, -0.25) is 0 Å². The molecule has 120 valence electrons. The van der Waals surface area contributed by atoms with Crippen molar-refractivity contribution in [2.75, 3.05) is 32.5 Å². The largest absolute Gasteiger partial charge is 0.452 e. The van der Waals surface area contributed by atoms with Gasteiger partial charge in [0, 0.05) is 24.9 Å². The summed E-state index contributed by atoms with van der Waals surface area (Å²) in [5.41, 5.74) is 10.1. The smallest absolute Gasteiger partial charge is 0.203 e. The van der Waals surface area contributed by atoms with Crippen molar-refractivity contribution in [1.82, 2.24) is 9.56 Å². The third kappa shape index (κ3) is 3.05. The van der Waals surface area contributed by atoms with Gasteiger partial charge in [-0.25, -0.2) is 9.56 Å². The maximum Gasteiger partial charge on any atom is 0.203 e. The Kier molecular flexibility index (Phi) is 4.30. The van der Waals surface area contributed by atoms with Gasteiger partial charge in [0.15, 0.2) is 17.9 Å². The van der Waals surface area contributed by atoms with Crippen molar-refractivity contribution in [3.8, 4) is 11.5 Å². The molecule has 5 heteroatoms. The number of nitrogens with zero attached hydrogens (tertiary/aromatic N) is 2. The number of nitrogen functional groups attached to an aromatic ring is 1. The normalized spacial score (nSPS) is 12.8. The number of ether oxygens (including phenoxy) is 1. The number of aromatic nitrogens is 1. The van der Waals surface area contributed by atoms with E-state index in [0.29, 0.717) is 17.9 Å². The van der Waals surface area contributed by atoms with Crippen molar-refractivity contribution < 1.29 is 9.15 Å². The van der Waals surface area contributed by atoms with E-state index in [1.165, 1.54) is 0 Å². The van der Waals surface area contributed by atoms with Crippen LogP contribution in [0.2, 0.25) is 0 Å². The molecule has 0 aromatic heterocycles. The lowest BCUT2D eigenvalue weighted by atomic mass is 10.1. The van der Waals surface area contributed by atoms with Crippen LogP contribution >= 0.6 is 0 Å². The lowest BCUT2D eigenvalue weighted by molar-refractivity contribution is 0.194. The quantitative estimate of drug-likeness (QED) is 0.456. The minimum absolute atomic E-state index is 0.689. The third-order valence-corrected chi connectivity index (χ3v) is 4.06. The number of anilines is 1. The first-order valence-electron chi connectivity index (χ1n) is 7.80. The SMILES string of the molecule is CC[N+](CCOC)=c1ccc2nc3cc(C)c(N)cc3oc-2c1. The van der Waals surface area contributed by atoms with Crippen LogP contribution in [0.1, 0.15) is 12.5 Å². The molecule has 1 aliphatic carbocycles. The van der Waals surface area contributed by atoms with Gasteiger partial charge < -0.3 is 14.9 Å². The number of methoxy groups -OCH3 is 1. The molecule has 0 atom stereocenters. The highest BCUT2D eigenvalue weighted by Gasteiger charge is 2.12. The molecule has 0 fully saturated rings. The molecule has 2 aliphatic rings. The monoisotopic (exact) mass is 312 g/mol. The summed E-state index contributed by atoms with van der Waals surface area (Å²) < 4.78 is 13.4. The summed E-state index contributed by atoms with van der Waals surface area (Å²) in [5, 5.41) is 1.10. The Labute approximate surface area is 135 Å². The Hall–Kier alpha value is -2.40. The lowest BCUT2D eigenvalue weighted by Crippen LogP contribution is -2.32. The molecule has 1 aromatic rings. The number of hydrogen-bond donors (Lipinski definition) is 1. The highest BCUT2D eigenvalue weighted by Crippen LogP contribution is 2.26. The van der Waals surface area contributed by atoms with Gasteiger partial charge in [-0.05, 0) is 31.5 Å². The zero-order chi connectivity index (χ0) is 16.4. The number of fused-ring (bicyclic) bond motifs is 2. The molecule has 0 amide bonds. The average molecular weight is 312 g/mol. The van der Waals surface area contributed by atoms with E-state index in [1.807, 2.05) is 31.2 Å². The molecule has 0 spiro atoms. The molecule has 0 saturated heterocycles. The molecule has 1 aromatic carbocycles. The number of nitrogens with two attached hydrogens (primary N) is 1. The number of benzene rings is 2. The van der Waals surface area contributed by atoms with Gasteiger partial charge in [-0.1, -0.05) is 0 Å². The summed E-state index contributed by atoms with van der Waals surface area (Å²) in [4.78, 5) is 4.68. The Bertz CT molecular complexity index is 883. The molecule has 0 saturated carbocycles. The Morgan fingerprint density at radius 1 is 1.26 bits per heavy atom. The first-order valence-corrected chi connectivity index (χ1v) is 7.80. The van der Waals surface area contributed by atoms with Crippen molar-refractivity contribution >= 4 is 16.8 Å². The van der Waals surface area contributed by atoms with Crippen LogP contribution in [0.15, 0.2) is 34.7 Å². The topological polar surface area (TPSA) is 64.3 Å². The molecule has 23 heavy (non-hydrogen) atoms. The lowest BCUT2D eigenvalue weighted by Gasteiger charge is -2.08. The van der Waals surface area contributed by atoms with Crippen molar-refractivity contribution in [2.24, 2.45) is 0 Å². The van der Waals surface area contributed by atoms with E-state index in [1.54, 1.807) is 7.11 Å². The van der Waals surface area contributed by atoms with Gasteiger partial charge in [-0.15, -0.1) is 0 Å². The number of rotatable bonds is 4. The molecule has 2 N–H and O–H groups in total. The Morgan fingerprint density at radius 3 is 2.83 bits per heavy atom. The molecule has 5 nitrogen and oxygen atoms in total. The van der Waals surface area contributed by atoms with Crippen LogP contribution in [0.3, 0.4) is 0 Å². The zero-order valence-electron chi connectivity index (χ0n) is 13.8. The summed E-state index contributed by atoms with van der Waals surface area (Å²) in [6.45, 7) is 6.53. The fraction of sp³-hybridized carbons (Fsp3) is 0.333. The molecular formula is C18H22N3O2+. The molecule has 1 heterocycles.